The molecule has 190 valence electrons. The Labute approximate surface area is 215 Å². The van der Waals surface area contributed by atoms with Crippen molar-refractivity contribution in [2.45, 2.75) is 30.8 Å². The fourth-order valence-corrected chi connectivity index (χ4v) is 5.49. The molecule has 7 nitrogen and oxygen atoms in total. The van der Waals surface area contributed by atoms with Gasteiger partial charge in [-0.2, -0.15) is 0 Å². The highest BCUT2D eigenvalue weighted by molar-refractivity contribution is 6.01. The molecule has 1 amide bonds. The number of ether oxygens (including phenoxy) is 2. The van der Waals surface area contributed by atoms with Crippen molar-refractivity contribution in [3.05, 3.63) is 95.6 Å². The van der Waals surface area contributed by atoms with E-state index in [0.717, 1.165) is 12.8 Å². The average Bonchev–Trinajstić information content (AvgIpc) is 3.73. The topological polar surface area (TPSA) is 93.1 Å². The van der Waals surface area contributed by atoms with Crippen molar-refractivity contribution in [2.24, 2.45) is 11.8 Å². The summed E-state index contributed by atoms with van der Waals surface area (Å²) in [5.41, 5.74) is 1.85. The number of carboxylic acid groups (broad SMARTS) is 1. The number of benzene rings is 3. The number of nitrogens with zero attached hydrogens (tertiary/aromatic N) is 1. The number of carbonyl (C=O) groups is 3. The zero-order chi connectivity index (χ0) is 26.1. The molecule has 1 aliphatic carbocycles. The molecule has 1 saturated carbocycles. The number of amides is 1. The molecule has 0 aromatic heterocycles. The zero-order valence-corrected chi connectivity index (χ0v) is 20.7. The second kappa shape index (κ2) is 10.1. The van der Waals surface area contributed by atoms with E-state index in [9.17, 15) is 19.5 Å². The van der Waals surface area contributed by atoms with Crippen LogP contribution in [0.5, 0.6) is 11.5 Å². The molecule has 1 heterocycles. The molecule has 1 saturated heterocycles. The van der Waals surface area contributed by atoms with Crippen LogP contribution in [0, 0.1) is 11.8 Å². The van der Waals surface area contributed by atoms with Gasteiger partial charge >= 0.3 is 5.97 Å². The van der Waals surface area contributed by atoms with E-state index < -0.39 is 29.9 Å². The normalized spacial score (nSPS) is 22.9. The highest BCUT2D eigenvalue weighted by atomic mass is 16.5. The number of carboxylic acids is 1. The molecule has 4 unspecified atom stereocenters. The summed E-state index contributed by atoms with van der Waals surface area (Å²) < 4.78 is 10.6. The van der Waals surface area contributed by atoms with Crippen LogP contribution in [0.1, 0.15) is 46.3 Å². The molecule has 7 heteroatoms. The van der Waals surface area contributed by atoms with Crippen LogP contribution in [0.25, 0.3) is 0 Å². The van der Waals surface area contributed by atoms with Crippen molar-refractivity contribution in [3.8, 4) is 11.5 Å². The first-order valence-electron chi connectivity index (χ1n) is 12.4. The highest BCUT2D eigenvalue weighted by Gasteiger charge is 2.58. The molecule has 37 heavy (non-hydrogen) atoms. The van der Waals surface area contributed by atoms with Crippen LogP contribution >= 0.6 is 0 Å². The third kappa shape index (κ3) is 4.57. The number of hydrogen-bond donors (Lipinski definition) is 1. The lowest BCUT2D eigenvalue weighted by Crippen LogP contribution is -2.44. The van der Waals surface area contributed by atoms with E-state index in [1.54, 1.807) is 50.6 Å². The minimum Gasteiger partial charge on any atom is -0.497 e. The summed E-state index contributed by atoms with van der Waals surface area (Å²) in [4.78, 5) is 42.3. The minimum atomic E-state index is -1.19. The quantitative estimate of drug-likeness (QED) is 0.451. The summed E-state index contributed by atoms with van der Waals surface area (Å²) >= 11 is 0. The van der Waals surface area contributed by atoms with Crippen molar-refractivity contribution >= 4 is 17.7 Å². The maximum atomic E-state index is 14.3. The van der Waals surface area contributed by atoms with E-state index in [0.29, 0.717) is 28.2 Å². The molecule has 0 bridgehead atoms. The Morgan fingerprint density at radius 1 is 0.784 bits per heavy atom. The average molecular weight is 500 g/mol. The number of rotatable bonds is 8. The Morgan fingerprint density at radius 3 is 1.86 bits per heavy atom. The summed E-state index contributed by atoms with van der Waals surface area (Å²) in [6.45, 7) is 0. The first-order valence-corrected chi connectivity index (χ1v) is 12.4. The molecule has 3 aromatic rings. The fraction of sp³-hybridized carbons (Fsp3) is 0.300. The van der Waals surface area contributed by atoms with Crippen LogP contribution in [-0.2, 0) is 9.59 Å². The van der Waals surface area contributed by atoms with E-state index in [1.807, 2.05) is 42.5 Å². The lowest BCUT2D eigenvalue weighted by Gasteiger charge is -2.30. The Hall–Kier alpha value is -4.13. The first-order chi connectivity index (χ1) is 17.9. The molecule has 0 spiro atoms. The van der Waals surface area contributed by atoms with Gasteiger partial charge in [-0.15, -0.1) is 0 Å². The largest absolute Gasteiger partial charge is 0.497 e. The smallest absolute Gasteiger partial charge is 0.327 e. The second-order valence-corrected chi connectivity index (χ2v) is 9.58. The first kappa shape index (κ1) is 24.6. The second-order valence-electron chi connectivity index (χ2n) is 9.58. The van der Waals surface area contributed by atoms with Crippen LogP contribution in [-0.4, -0.2) is 47.9 Å². The van der Waals surface area contributed by atoms with E-state index in [1.165, 1.54) is 4.90 Å². The van der Waals surface area contributed by atoms with Gasteiger partial charge in [0.2, 0.25) is 5.91 Å². The van der Waals surface area contributed by atoms with Gasteiger partial charge in [0.05, 0.1) is 26.2 Å². The minimum absolute atomic E-state index is 0.209. The number of hydrogen-bond acceptors (Lipinski definition) is 5. The summed E-state index contributed by atoms with van der Waals surface area (Å²) in [7, 11) is 3.12. The van der Waals surface area contributed by atoms with Gasteiger partial charge in [0.1, 0.15) is 17.5 Å². The van der Waals surface area contributed by atoms with Gasteiger partial charge in [-0.1, -0.05) is 42.5 Å². The van der Waals surface area contributed by atoms with Gasteiger partial charge in [0.15, 0.2) is 5.78 Å². The van der Waals surface area contributed by atoms with Gasteiger partial charge in [0.25, 0.3) is 0 Å². The van der Waals surface area contributed by atoms with Crippen molar-refractivity contribution in [3.63, 3.8) is 0 Å². The van der Waals surface area contributed by atoms with Crippen LogP contribution in [0.4, 0.5) is 0 Å². The van der Waals surface area contributed by atoms with E-state index >= 15 is 0 Å². The standard InChI is InChI=1S/C30H29NO6/c1-36-22-14-10-19(11-15-22)26-25(28(32)20-12-16-23(37-2)17-13-20)24(18-6-4-3-5-7-18)27(30(34)35)31(26)29(33)21-8-9-21/h3-7,10-17,21,24-27H,8-9H2,1-2H3,(H,34,35). The molecular formula is C30H29NO6. The van der Waals surface area contributed by atoms with Gasteiger partial charge < -0.3 is 19.5 Å². The molecule has 3 aromatic carbocycles. The Bertz CT molecular complexity index is 1280. The molecule has 0 radical (unpaired) electrons. The van der Waals surface area contributed by atoms with Crippen molar-refractivity contribution < 1.29 is 29.0 Å². The number of methoxy groups -OCH3 is 2. The Balaban J connectivity index is 1.71. The van der Waals surface area contributed by atoms with E-state index in [-0.39, 0.29) is 17.6 Å². The van der Waals surface area contributed by atoms with Crippen LogP contribution in [0.3, 0.4) is 0 Å². The van der Waals surface area contributed by atoms with Gasteiger partial charge in [-0.3, -0.25) is 9.59 Å². The number of likely N-dealkylation sites (tertiary alicyclic amines) is 1. The Kier molecular flexibility index (Phi) is 6.70. The summed E-state index contributed by atoms with van der Waals surface area (Å²) in [5.74, 6) is -2.05. The fourth-order valence-electron chi connectivity index (χ4n) is 5.49. The SMILES string of the molecule is COc1ccc(C(=O)C2C(c3ccccc3)C(C(=O)O)N(C(=O)C3CC3)C2c2ccc(OC)cc2)cc1. The number of ketones is 1. The van der Waals surface area contributed by atoms with Crippen molar-refractivity contribution in [1.29, 1.82) is 0 Å². The predicted molar refractivity (Wildman–Crippen MR) is 137 cm³/mol. The third-order valence-electron chi connectivity index (χ3n) is 7.42. The van der Waals surface area contributed by atoms with Crippen LogP contribution in [0.2, 0.25) is 0 Å². The summed E-state index contributed by atoms with van der Waals surface area (Å²) in [6.07, 6.45) is 1.45. The molecule has 2 aliphatic rings. The lowest BCUT2D eigenvalue weighted by molar-refractivity contribution is -0.150. The Morgan fingerprint density at radius 2 is 1.35 bits per heavy atom. The van der Waals surface area contributed by atoms with Gasteiger partial charge in [0, 0.05) is 17.4 Å². The molecule has 4 atom stereocenters. The lowest BCUT2D eigenvalue weighted by atomic mass is 9.76. The summed E-state index contributed by atoms with van der Waals surface area (Å²) in [5, 5.41) is 10.5. The zero-order valence-electron chi connectivity index (χ0n) is 20.7. The van der Waals surface area contributed by atoms with Crippen LogP contribution < -0.4 is 9.47 Å². The van der Waals surface area contributed by atoms with Crippen molar-refractivity contribution in [1.82, 2.24) is 4.90 Å². The maximum absolute atomic E-state index is 14.3. The predicted octanol–water partition coefficient (Wildman–Crippen LogP) is 4.73. The molecule has 5 rings (SSSR count). The molecular weight excluding hydrogens is 470 g/mol. The third-order valence-corrected chi connectivity index (χ3v) is 7.42. The van der Waals surface area contributed by atoms with Crippen LogP contribution in [0.15, 0.2) is 78.9 Å². The highest BCUT2D eigenvalue weighted by Crippen LogP contribution is 2.53. The van der Waals surface area contributed by atoms with E-state index in [4.69, 9.17) is 9.47 Å². The monoisotopic (exact) mass is 499 g/mol. The van der Waals surface area contributed by atoms with Gasteiger partial charge in [-0.05, 0) is 60.4 Å². The molecule has 2 fully saturated rings. The van der Waals surface area contributed by atoms with E-state index in [2.05, 4.69) is 0 Å². The number of aliphatic carboxylic acids is 1. The maximum Gasteiger partial charge on any atom is 0.327 e. The van der Waals surface area contributed by atoms with Gasteiger partial charge in [-0.25, -0.2) is 4.79 Å². The summed E-state index contributed by atoms with van der Waals surface area (Å²) in [6, 6.07) is 21.2. The number of carbonyl (C=O) groups excluding carboxylic acids is 2. The molecule has 1 aliphatic heterocycles. The number of Topliss-reactive ketones (excluding diaryl/α,β-unsaturated/α-hetero) is 1. The van der Waals surface area contributed by atoms with Crippen molar-refractivity contribution in [2.75, 3.05) is 14.2 Å². The molecule has 1 N–H and O–H groups in total.